The van der Waals surface area contributed by atoms with Crippen molar-refractivity contribution in [3.63, 3.8) is 0 Å². The second-order valence-corrected chi connectivity index (χ2v) is 8.52. The van der Waals surface area contributed by atoms with Gasteiger partial charge in [-0.05, 0) is 78.7 Å². The van der Waals surface area contributed by atoms with Gasteiger partial charge in [0.05, 0.1) is 0 Å². The maximum atomic E-state index is 12.6. The number of ether oxygens (including phenoxy) is 2. The summed E-state index contributed by atoms with van der Waals surface area (Å²) in [4.78, 5) is 17.2. The number of thiocarbonyl (C=S) groups is 1. The van der Waals surface area contributed by atoms with E-state index in [0.717, 1.165) is 23.1 Å². The number of carbonyl (C=O) groups is 1. The van der Waals surface area contributed by atoms with Gasteiger partial charge in [0.1, 0.15) is 5.52 Å². The molecule has 1 aliphatic rings. The molecule has 0 radical (unpaired) electrons. The SMILES string of the molecule is CC[C@H](C)c1ccc2oc(-c3cccc(NC(=S)NC(=O)c4ccc5c(c4)OCO5)c3)nc2c1. The molecule has 0 unspecified atom stereocenters. The first-order valence-corrected chi connectivity index (χ1v) is 11.4. The van der Waals surface area contributed by atoms with Gasteiger partial charge < -0.3 is 19.2 Å². The van der Waals surface area contributed by atoms with Crippen molar-refractivity contribution >= 4 is 40.0 Å². The van der Waals surface area contributed by atoms with Crippen molar-refractivity contribution in [2.24, 2.45) is 0 Å². The highest BCUT2D eigenvalue weighted by Gasteiger charge is 2.17. The number of benzene rings is 3. The molecule has 0 saturated heterocycles. The predicted molar refractivity (Wildman–Crippen MR) is 134 cm³/mol. The zero-order valence-corrected chi connectivity index (χ0v) is 19.6. The third-order valence-corrected chi connectivity index (χ3v) is 6.03. The Hall–Kier alpha value is -3.91. The summed E-state index contributed by atoms with van der Waals surface area (Å²) in [5.41, 5.74) is 4.75. The van der Waals surface area contributed by atoms with E-state index in [2.05, 4.69) is 41.6 Å². The molecule has 0 bridgehead atoms. The maximum Gasteiger partial charge on any atom is 0.257 e. The molecule has 8 heteroatoms. The summed E-state index contributed by atoms with van der Waals surface area (Å²) in [6.07, 6.45) is 1.06. The summed E-state index contributed by atoms with van der Waals surface area (Å²) in [5, 5.41) is 5.91. The summed E-state index contributed by atoms with van der Waals surface area (Å²) < 4.78 is 16.6. The van der Waals surface area contributed by atoms with E-state index >= 15 is 0 Å². The topological polar surface area (TPSA) is 85.6 Å². The number of hydrogen-bond donors (Lipinski definition) is 2. The van der Waals surface area contributed by atoms with Crippen LogP contribution < -0.4 is 20.1 Å². The predicted octanol–water partition coefficient (Wildman–Crippen LogP) is 5.86. The lowest BCUT2D eigenvalue weighted by Crippen LogP contribution is -2.34. The minimum absolute atomic E-state index is 0.149. The lowest BCUT2D eigenvalue weighted by molar-refractivity contribution is 0.0977. The van der Waals surface area contributed by atoms with Gasteiger partial charge in [-0.1, -0.05) is 26.0 Å². The highest BCUT2D eigenvalue weighted by molar-refractivity contribution is 7.80. The molecule has 0 saturated carbocycles. The third kappa shape index (κ3) is 4.45. The van der Waals surface area contributed by atoms with Gasteiger partial charge in [0, 0.05) is 16.8 Å². The molecule has 34 heavy (non-hydrogen) atoms. The van der Waals surface area contributed by atoms with Crippen molar-refractivity contribution < 1.29 is 18.7 Å². The monoisotopic (exact) mass is 473 g/mol. The van der Waals surface area contributed by atoms with Crippen molar-refractivity contribution in [1.29, 1.82) is 0 Å². The van der Waals surface area contributed by atoms with Crippen LogP contribution in [0.4, 0.5) is 5.69 Å². The van der Waals surface area contributed by atoms with E-state index in [1.807, 2.05) is 30.3 Å². The normalized spacial score (nSPS) is 13.0. The first-order chi connectivity index (χ1) is 16.5. The largest absolute Gasteiger partial charge is 0.454 e. The Morgan fingerprint density at radius 1 is 1.09 bits per heavy atom. The molecule has 1 amide bonds. The molecule has 2 N–H and O–H groups in total. The zero-order valence-electron chi connectivity index (χ0n) is 18.8. The number of fused-ring (bicyclic) bond motifs is 2. The fourth-order valence-corrected chi connectivity index (χ4v) is 3.93. The molecule has 4 aromatic rings. The van der Waals surface area contributed by atoms with Crippen LogP contribution in [0.5, 0.6) is 11.5 Å². The molecule has 1 aromatic heterocycles. The van der Waals surface area contributed by atoms with Crippen LogP contribution in [0.15, 0.2) is 65.1 Å². The van der Waals surface area contributed by atoms with Crippen molar-refractivity contribution in [2.45, 2.75) is 26.2 Å². The molecule has 1 aliphatic heterocycles. The van der Waals surface area contributed by atoms with Crippen LogP contribution in [0.1, 0.15) is 42.1 Å². The number of amides is 1. The standard InChI is InChI=1S/C26H23N3O4S/c1-3-15(2)16-7-9-21-20(12-16)28-25(33-21)18-5-4-6-19(11-18)27-26(34)29-24(30)17-8-10-22-23(13-17)32-14-31-22/h4-13,15H,3,14H2,1-2H3,(H2,27,29,30,34)/t15-/m0/s1. The van der Waals surface area contributed by atoms with Crippen LogP contribution in [-0.4, -0.2) is 22.8 Å². The molecule has 7 nitrogen and oxygen atoms in total. The Morgan fingerprint density at radius 2 is 1.94 bits per heavy atom. The number of carbonyl (C=O) groups excluding carboxylic acids is 1. The fourth-order valence-electron chi connectivity index (χ4n) is 3.72. The first kappa shape index (κ1) is 21.9. The Balaban J connectivity index is 1.29. The van der Waals surface area contributed by atoms with E-state index in [9.17, 15) is 4.79 Å². The molecular formula is C26H23N3O4S. The summed E-state index contributed by atoms with van der Waals surface area (Å²) in [7, 11) is 0. The average molecular weight is 474 g/mol. The summed E-state index contributed by atoms with van der Waals surface area (Å²) >= 11 is 5.34. The van der Waals surface area contributed by atoms with Gasteiger partial charge in [-0.3, -0.25) is 10.1 Å². The second-order valence-electron chi connectivity index (χ2n) is 8.11. The van der Waals surface area contributed by atoms with Crippen molar-refractivity contribution in [1.82, 2.24) is 10.3 Å². The Bertz CT molecular complexity index is 1400. The van der Waals surface area contributed by atoms with Crippen molar-refractivity contribution in [2.75, 3.05) is 12.1 Å². The van der Waals surface area contributed by atoms with Crippen LogP contribution in [0.25, 0.3) is 22.6 Å². The molecule has 3 aromatic carbocycles. The van der Waals surface area contributed by atoms with Crippen molar-refractivity contribution in [3.8, 4) is 23.0 Å². The van der Waals surface area contributed by atoms with E-state index in [0.29, 0.717) is 34.6 Å². The minimum atomic E-state index is -0.344. The zero-order chi connectivity index (χ0) is 23.7. The van der Waals surface area contributed by atoms with E-state index in [1.54, 1.807) is 18.2 Å². The second kappa shape index (κ2) is 9.15. The van der Waals surface area contributed by atoms with Crippen LogP contribution in [-0.2, 0) is 0 Å². The summed E-state index contributed by atoms with van der Waals surface area (Å²) in [6.45, 7) is 4.52. The lowest BCUT2D eigenvalue weighted by atomic mass is 9.98. The van der Waals surface area contributed by atoms with Gasteiger partial charge in [-0.2, -0.15) is 0 Å². The van der Waals surface area contributed by atoms with Gasteiger partial charge in [0.15, 0.2) is 22.2 Å². The Kier molecular flexibility index (Phi) is 5.90. The molecular weight excluding hydrogens is 450 g/mol. The first-order valence-electron chi connectivity index (χ1n) is 11.0. The number of aromatic nitrogens is 1. The van der Waals surface area contributed by atoms with E-state index < -0.39 is 0 Å². The number of nitrogens with one attached hydrogen (secondary N) is 2. The summed E-state index contributed by atoms with van der Waals surface area (Å²) in [6, 6.07) is 18.6. The lowest BCUT2D eigenvalue weighted by Gasteiger charge is -2.10. The number of nitrogens with zero attached hydrogens (tertiary/aromatic N) is 1. The molecule has 0 fully saturated rings. The minimum Gasteiger partial charge on any atom is -0.454 e. The van der Waals surface area contributed by atoms with Gasteiger partial charge in [-0.15, -0.1) is 0 Å². The van der Waals surface area contributed by atoms with Gasteiger partial charge in [0.25, 0.3) is 5.91 Å². The van der Waals surface area contributed by atoms with Gasteiger partial charge >= 0.3 is 0 Å². The van der Waals surface area contributed by atoms with Gasteiger partial charge in [0.2, 0.25) is 12.7 Å². The third-order valence-electron chi connectivity index (χ3n) is 5.82. The van der Waals surface area contributed by atoms with Crippen LogP contribution in [0.2, 0.25) is 0 Å². The molecule has 2 heterocycles. The van der Waals surface area contributed by atoms with E-state index in [1.165, 1.54) is 5.56 Å². The van der Waals surface area contributed by atoms with E-state index in [4.69, 9.17) is 26.1 Å². The quantitative estimate of drug-likeness (QED) is 0.351. The number of anilines is 1. The summed E-state index contributed by atoms with van der Waals surface area (Å²) in [5.74, 6) is 1.79. The average Bonchev–Trinajstić information content (AvgIpc) is 3.49. The highest BCUT2D eigenvalue weighted by Crippen LogP contribution is 2.32. The maximum absolute atomic E-state index is 12.6. The molecule has 5 rings (SSSR count). The Morgan fingerprint density at radius 3 is 2.79 bits per heavy atom. The fraction of sp³-hybridized carbons (Fsp3) is 0.192. The van der Waals surface area contributed by atoms with Crippen LogP contribution >= 0.6 is 12.2 Å². The van der Waals surface area contributed by atoms with E-state index in [-0.39, 0.29) is 17.8 Å². The number of oxazole rings is 1. The highest BCUT2D eigenvalue weighted by atomic mass is 32.1. The van der Waals surface area contributed by atoms with Crippen LogP contribution in [0, 0.1) is 0 Å². The molecule has 172 valence electrons. The van der Waals surface area contributed by atoms with Crippen molar-refractivity contribution in [3.05, 3.63) is 71.8 Å². The Labute approximate surface area is 202 Å². The molecule has 0 spiro atoms. The van der Waals surface area contributed by atoms with Crippen LogP contribution in [0.3, 0.4) is 0 Å². The van der Waals surface area contributed by atoms with Gasteiger partial charge in [-0.25, -0.2) is 4.98 Å². The smallest absolute Gasteiger partial charge is 0.257 e. The number of hydrogen-bond acceptors (Lipinski definition) is 6. The molecule has 1 atom stereocenters. The molecule has 0 aliphatic carbocycles. The number of rotatable bonds is 5.